The number of carbonyl (C=O) groups is 2. The van der Waals surface area contributed by atoms with E-state index in [2.05, 4.69) is 0 Å². The molecule has 1 aromatic rings. The minimum Gasteiger partial charge on any atom is -0.494 e. The van der Waals surface area contributed by atoms with Crippen LogP contribution in [0.25, 0.3) is 0 Å². The van der Waals surface area contributed by atoms with Crippen LogP contribution >= 0.6 is 0 Å². The normalized spacial score (nSPS) is 9.24. The highest BCUT2D eigenvalue weighted by Crippen LogP contribution is 2.26. The van der Waals surface area contributed by atoms with Crippen LogP contribution in [0.4, 0.5) is 0 Å². The van der Waals surface area contributed by atoms with Crippen LogP contribution < -0.4 is 4.74 Å². The molecular weight excluding hydrogens is 222 g/mol. The lowest BCUT2D eigenvalue weighted by Crippen LogP contribution is -2.11. The van der Waals surface area contributed by atoms with Gasteiger partial charge in [-0.3, -0.25) is 4.79 Å². The molecule has 1 rings (SSSR count). The third kappa shape index (κ3) is 2.42. The minimum atomic E-state index is -0.677. The molecule has 0 fully saturated rings. The van der Waals surface area contributed by atoms with Gasteiger partial charge < -0.3 is 9.47 Å². The van der Waals surface area contributed by atoms with Crippen molar-refractivity contribution < 1.29 is 19.1 Å². The van der Waals surface area contributed by atoms with Gasteiger partial charge in [-0.1, -0.05) is 0 Å². The number of methoxy groups -OCH3 is 1. The zero-order valence-corrected chi connectivity index (χ0v) is 9.52. The molecule has 0 amide bonds. The average Bonchev–Trinajstić information content (AvgIpc) is 2.36. The number of nitriles is 1. The summed E-state index contributed by atoms with van der Waals surface area (Å²) >= 11 is 0. The molecule has 0 aliphatic carbocycles. The summed E-state index contributed by atoms with van der Waals surface area (Å²) in [5.41, 5.74) is 0.309. The largest absolute Gasteiger partial charge is 0.494 e. The molecule has 0 N–H and O–H groups in total. The molecule has 1 aromatic carbocycles. The van der Waals surface area contributed by atoms with Gasteiger partial charge in [0.2, 0.25) is 0 Å². The lowest BCUT2D eigenvalue weighted by molar-refractivity contribution is 0.0520. The van der Waals surface area contributed by atoms with E-state index in [-0.39, 0.29) is 29.0 Å². The fraction of sp³-hybridized carbons (Fsp3) is 0.250. The fourth-order valence-corrected chi connectivity index (χ4v) is 1.41. The predicted octanol–water partition coefficient (Wildman–Crippen LogP) is 1.56. The highest BCUT2D eigenvalue weighted by molar-refractivity contribution is 6.01. The van der Waals surface area contributed by atoms with E-state index in [1.807, 2.05) is 6.07 Å². The number of rotatable bonds is 4. The maximum absolute atomic E-state index is 11.7. The highest BCUT2D eigenvalue weighted by atomic mass is 16.5. The van der Waals surface area contributed by atoms with Gasteiger partial charge in [0.1, 0.15) is 11.6 Å². The highest BCUT2D eigenvalue weighted by Gasteiger charge is 2.21. The van der Waals surface area contributed by atoms with Crippen molar-refractivity contribution in [3.8, 4) is 11.8 Å². The van der Waals surface area contributed by atoms with Crippen LogP contribution in [0.1, 0.15) is 33.2 Å². The van der Waals surface area contributed by atoms with Crippen molar-refractivity contribution in [2.45, 2.75) is 6.92 Å². The second kappa shape index (κ2) is 5.66. The average molecular weight is 233 g/mol. The summed E-state index contributed by atoms with van der Waals surface area (Å²) in [5, 5.41) is 8.88. The number of aldehydes is 1. The van der Waals surface area contributed by atoms with Gasteiger partial charge in [0.05, 0.1) is 19.3 Å². The van der Waals surface area contributed by atoms with Crippen molar-refractivity contribution in [3.05, 3.63) is 28.8 Å². The third-order valence-corrected chi connectivity index (χ3v) is 2.12. The summed E-state index contributed by atoms with van der Waals surface area (Å²) in [7, 11) is 1.33. The molecule has 0 aromatic heterocycles. The molecule has 5 heteroatoms. The predicted molar refractivity (Wildman–Crippen MR) is 59.1 cm³/mol. The molecule has 0 spiro atoms. The summed E-state index contributed by atoms with van der Waals surface area (Å²) in [6.45, 7) is 1.83. The van der Waals surface area contributed by atoms with Crippen molar-refractivity contribution in [3.63, 3.8) is 0 Å². The Labute approximate surface area is 98.6 Å². The number of benzene rings is 1. The quantitative estimate of drug-likeness (QED) is 0.582. The van der Waals surface area contributed by atoms with E-state index in [1.165, 1.54) is 19.2 Å². The molecule has 0 saturated heterocycles. The standard InChI is InChI=1S/C12H11NO4/c1-3-17-12(15)10-9(7-14)5-4-8(6-13)11(10)16-2/h4-5,7H,3H2,1-2H3. The number of ether oxygens (including phenoxy) is 2. The van der Waals surface area contributed by atoms with Crippen LogP contribution in [-0.4, -0.2) is 26.0 Å². The topological polar surface area (TPSA) is 76.4 Å². The molecule has 0 aliphatic rings. The van der Waals surface area contributed by atoms with E-state index < -0.39 is 5.97 Å². The molecule has 0 radical (unpaired) electrons. The Balaban J connectivity index is 3.46. The zero-order valence-electron chi connectivity index (χ0n) is 9.52. The first-order chi connectivity index (χ1) is 8.19. The number of esters is 1. The molecular formula is C12H11NO4. The van der Waals surface area contributed by atoms with E-state index in [1.54, 1.807) is 6.92 Å². The monoisotopic (exact) mass is 233 g/mol. The Morgan fingerprint density at radius 2 is 2.24 bits per heavy atom. The lowest BCUT2D eigenvalue weighted by Gasteiger charge is -2.11. The number of nitrogens with zero attached hydrogens (tertiary/aromatic N) is 1. The molecule has 0 unspecified atom stereocenters. The number of hydrogen-bond donors (Lipinski definition) is 0. The van der Waals surface area contributed by atoms with Crippen LogP contribution in [0.5, 0.6) is 5.75 Å². The van der Waals surface area contributed by atoms with Gasteiger partial charge in [0.25, 0.3) is 0 Å². The van der Waals surface area contributed by atoms with Crippen LogP contribution in [0.2, 0.25) is 0 Å². The van der Waals surface area contributed by atoms with Crippen molar-refractivity contribution in [2.75, 3.05) is 13.7 Å². The molecule has 0 aliphatic heterocycles. The summed E-state index contributed by atoms with van der Waals surface area (Å²) < 4.78 is 9.82. The SMILES string of the molecule is CCOC(=O)c1c(C=O)ccc(C#N)c1OC. The Morgan fingerprint density at radius 3 is 2.71 bits per heavy atom. The van der Waals surface area contributed by atoms with Gasteiger partial charge in [-0.2, -0.15) is 5.26 Å². The minimum absolute atomic E-state index is 0.0107. The smallest absolute Gasteiger partial charge is 0.342 e. The first-order valence-electron chi connectivity index (χ1n) is 4.93. The maximum Gasteiger partial charge on any atom is 0.342 e. The summed E-state index contributed by atoms with van der Waals surface area (Å²) in [4.78, 5) is 22.6. The van der Waals surface area contributed by atoms with Crippen molar-refractivity contribution in [1.82, 2.24) is 0 Å². The number of hydrogen-bond acceptors (Lipinski definition) is 5. The Bertz CT molecular complexity index is 488. The van der Waals surface area contributed by atoms with Crippen LogP contribution in [0.3, 0.4) is 0 Å². The second-order valence-corrected chi connectivity index (χ2v) is 3.06. The lowest BCUT2D eigenvalue weighted by atomic mass is 10.0. The Kier molecular flexibility index (Phi) is 4.23. The van der Waals surface area contributed by atoms with Crippen molar-refractivity contribution >= 4 is 12.3 Å². The van der Waals surface area contributed by atoms with Gasteiger partial charge in [-0.15, -0.1) is 0 Å². The van der Waals surface area contributed by atoms with Gasteiger partial charge in [-0.05, 0) is 19.1 Å². The third-order valence-electron chi connectivity index (χ3n) is 2.12. The van der Waals surface area contributed by atoms with E-state index in [4.69, 9.17) is 14.7 Å². The first kappa shape index (κ1) is 12.7. The summed E-state index contributed by atoms with van der Waals surface area (Å²) in [5.74, 6) is -0.612. The van der Waals surface area contributed by atoms with E-state index >= 15 is 0 Å². The Morgan fingerprint density at radius 1 is 1.53 bits per heavy atom. The van der Waals surface area contributed by atoms with E-state index in [0.717, 1.165) is 0 Å². The fourth-order valence-electron chi connectivity index (χ4n) is 1.41. The molecule has 88 valence electrons. The van der Waals surface area contributed by atoms with Crippen LogP contribution in [0.15, 0.2) is 12.1 Å². The molecule has 0 heterocycles. The van der Waals surface area contributed by atoms with Crippen molar-refractivity contribution in [2.24, 2.45) is 0 Å². The van der Waals surface area contributed by atoms with Crippen molar-refractivity contribution in [1.29, 1.82) is 5.26 Å². The molecule has 0 saturated carbocycles. The molecule has 0 bridgehead atoms. The van der Waals surface area contributed by atoms with Gasteiger partial charge in [0.15, 0.2) is 12.0 Å². The Hall–Kier alpha value is -2.35. The number of carbonyl (C=O) groups excluding carboxylic acids is 2. The van der Waals surface area contributed by atoms with E-state index in [0.29, 0.717) is 6.29 Å². The molecule has 17 heavy (non-hydrogen) atoms. The molecule has 5 nitrogen and oxygen atoms in total. The first-order valence-corrected chi connectivity index (χ1v) is 4.93. The summed E-state index contributed by atoms with van der Waals surface area (Å²) in [6.07, 6.45) is 0.524. The van der Waals surface area contributed by atoms with Gasteiger partial charge >= 0.3 is 5.97 Å². The zero-order chi connectivity index (χ0) is 12.8. The molecule has 0 atom stereocenters. The van der Waals surface area contributed by atoms with Gasteiger partial charge in [0, 0.05) is 5.56 Å². The second-order valence-electron chi connectivity index (χ2n) is 3.06. The van der Waals surface area contributed by atoms with Gasteiger partial charge in [-0.25, -0.2) is 4.79 Å². The summed E-state index contributed by atoms with van der Waals surface area (Å²) in [6, 6.07) is 4.70. The van der Waals surface area contributed by atoms with Crippen LogP contribution in [0, 0.1) is 11.3 Å². The van der Waals surface area contributed by atoms with Crippen LogP contribution in [-0.2, 0) is 4.74 Å². The van der Waals surface area contributed by atoms with E-state index in [9.17, 15) is 9.59 Å². The maximum atomic E-state index is 11.7.